The Labute approximate surface area is 94.8 Å². The molecule has 1 aromatic rings. The Morgan fingerprint density at radius 1 is 1.67 bits per heavy atom. The predicted octanol–water partition coefficient (Wildman–Crippen LogP) is 2.79. The first-order chi connectivity index (χ1) is 7.18. The topological polar surface area (TPSA) is 33.1 Å². The summed E-state index contributed by atoms with van der Waals surface area (Å²) in [5.41, 5.74) is -0.573. The van der Waals surface area contributed by atoms with Crippen LogP contribution in [0.2, 0.25) is 0 Å². The second-order valence-electron chi connectivity index (χ2n) is 4.46. The molecule has 1 aliphatic carbocycles. The summed E-state index contributed by atoms with van der Waals surface area (Å²) in [6, 6.07) is 2.03. The van der Waals surface area contributed by atoms with Gasteiger partial charge in [-0.25, -0.2) is 4.37 Å². The van der Waals surface area contributed by atoms with Crippen LogP contribution in [0.25, 0.3) is 0 Å². The van der Waals surface area contributed by atoms with E-state index in [2.05, 4.69) is 17.4 Å². The molecule has 15 heavy (non-hydrogen) atoms. The number of nitrogens with zero attached hydrogens (tertiary/aromatic N) is 1. The van der Waals surface area contributed by atoms with Crippen molar-refractivity contribution < 1.29 is 5.11 Å². The highest BCUT2D eigenvalue weighted by molar-refractivity contribution is 7.05. The van der Waals surface area contributed by atoms with Crippen LogP contribution in [0.5, 0.6) is 0 Å². The second-order valence-corrected chi connectivity index (χ2v) is 5.38. The smallest absolute Gasteiger partial charge is 0.0831 e. The summed E-state index contributed by atoms with van der Waals surface area (Å²) < 4.78 is 4.06. The number of aryl methyl sites for hydroxylation is 1. The zero-order valence-corrected chi connectivity index (χ0v) is 9.83. The van der Waals surface area contributed by atoms with Crippen LogP contribution >= 0.6 is 11.5 Å². The van der Waals surface area contributed by atoms with Crippen LogP contribution in [0.3, 0.4) is 0 Å². The number of aromatic nitrogens is 1. The number of rotatable bonds is 3. The predicted molar refractivity (Wildman–Crippen MR) is 62.9 cm³/mol. The van der Waals surface area contributed by atoms with Crippen molar-refractivity contribution in [2.45, 2.75) is 38.2 Å². The Morgan fingerprint density at radius 3 is 3.13 bits per heavy atom. The lowest BCUT2D eigenvalue weighted by Crippen LogP contribution is -2.29. The van der Waals surface area contributed by atoms with Crippen LogP contribution in [0, 0.1) is 5.92 Å². The van der Waals surface area contributed by atoms with Gasteiger partial charge >= 0.3 is 0 Å². The van der Waals surface area contributed by atoms with Gasteiger partial charge in [0.2, 0.25) is 0 Å². The number of aliphatic hydroxyl groups is 1. The highest BCUT2D eigenvalue weighted by atomic mass is 32.1. The molecule has 0 amide bonds. The van der Waals surface area contributed by atoms with Gasteiger partial charge in [0.15, 0.2) is 0 Å². The molecule has 1 heterocycles. The third-order valence-corrected chi connectivity index (χ3v) is 3.86. The Morgan fingerprint density at radius 2 is 2.53 bits per heavy atom. The summed E-state index contributed by atoms with van der Waals surface area (Å²) in [4.78, 5) is 1.26. The van der Waals surface area contributed by atoms with Crippen LogP contribution in [0.1, 0.15) is 31.1 Å². The fourth-order valence-electron chi connectivity index (χ4n) is 1.92. The Kier molecular flexibility index (Phi) is 3.22. The van der Waals surface area contributed by atoms with Crippen molar-refractivity contribution in [2.75, 3.05) is 0 Å². The van der Waals surface area contributed by atoms with Crippen LogP contribution in [-0.4, -0.2) is 15.1 Å². The van der Waals surface area contributed by atoms with E-state index in [0.717, 1.165) is 25.7 Å². The van der Waals surface area contributed by atoms with Crippen molar-refractivity contribution in [3.8, 4) is 0 Å². The van der Waals surface area contributed by atoms with Crippen molar-refractivity contribution in [3.05, 3.63) is 29.3 Å². The molecule has 3 heteroatoms. The third kappa shape index (κ3) is 2.89. The summed E-state index contributed by atoms with van der Waals surface area (Å²) in [6.45, 7) is 2.19. The fourth-order valence-corrected chi connectivity index (χ4v) is 2.49. The first kappa shape index (κ1) is 10.8. The first-order valence-electron chi connectivity index (χ1n) is 5.49. The maximum atomic E-state index is 10.3. The highest BCUT2D eigenvalue weighted by Crippen LogP contribution is 2.29. The average molecular weight is 223 g/mol. The number of hydrogen-bond donors (Lipinski definition) is 1. The molecule has 1 N–H and O–H groups in total. The molecule has 0 fully saturated rings. The lowest BCUT2D eigenvalue weighted by molar-refractivity contribution is 0.0613. The van der Waals surface area contributed by atoms with Crippen LogP contribution in [0.4, 0.5) is 0 Å². The van der Waals surface area contributed by atoms with Gasteiger partial charge in [-0.15, -0.1) is 0 Å². The third-order valence-electron chi connectivity index (χ3n) is 3.06. The van der Waals surface area contributed by atoms with Gasteiger partial charge in [0.1, 0.15) is 0 Å². The minimum absolute atomic E-state index is 0.573. The van der Waals surface area contributed by atoms with Gasteiger partial charge in [-0.1, -0.05) is 19.1 Å². The van der Waals surface area contributed by atoms with Gasteiger partial charge in [0.25, 0.3) is 0 Å². The molecular weight excluding hydrogens is 206 g/mol. The van der Waals surface area contributed by atoms with Gasteiger partial charge in [0, 0.05) is 11.1 Å². The van der Waals surface area contributed by atoms with E-state index in [9.17, 15) is 5.11 Å². The molecular formula is C12H17NOS. The summed E-state index contributed by atoms with van der Waals surface area (Å²) in [6.07, 6.45) is 9.68. The Bertz CT molecular complexity index is 333. The maximum Gasteiger partial charge on any atom is 0.0831 e. The van der Waals surface area contributed by atoms with Crippen molar-refractivity contribution in [2.24, 2.45) is 5.92 Å². The molecule has 2 unspecified atom stereocenters. The first-order valence-corrected chi connectivity index (χ1v) is 6.27. The van der Waals surface area contributed by atoms with E-state index in [1.807, 2.05) is 18.3 Å². The van der Waals surface area contributed by atoms with Crippen LogP contribution in [-0.2, 0) is 6.42 Å². The molecule has 0 saturated carbocycles. The second kappa shape index (κ2) is 4.45. The molecule has 0 radical (unpaired) electrons. The normalized spacial score (nSPS) is 30.7. The molecule has 0 spiro atoms. The summed E-state index contributed by atoms with van der Waals surface area (Å²) in [5.74, 6) is 0.619. The van der Waals surface area contributed by atoms with Crippen LogP contribution < -0.4 is 0 Å². The molecule has 0 saturated heterocycles. The summed E-state index contributed by atoms with van der Waals surface area (Å²) in [5, 5.41) is 10.3. The van der Waals surface area contributed by atoms with Crippen LogP contribution in [0.15, 0.2) is 24.4 Å². The van der Waals surface area contributed by atoms with Gasteiger partial charge in [0.05, 0.1) is 5.60 Å². The molecule has 2 nitrogen and oxygen atoms in total. The molecule has 1 aromatic heterocycles. The van der Waals surface area contributed by atoms with E-state index in [1.54, 1.807) is 0 Å². The zero-order valence-electron chi connectivity index (χ0n) is 9.02. The standard InChI is InChI=1S/C12H17NOS/c1-10-2-6-12(14,7-3-10)8-4-11-5-9-13-15-11/h2,5-6,9-10,14H,3-4,7-8H2,1H3. The van der Waals surface area contributed by atoms with Crippen molar-refractivity contribution in [1.29, 1.82) is 0 Å². The minimum atomic E-state index is -0.573. The minimum Gasteiger partial charge on any atom is -0.386 e. The number of hydrogen-bond acceptors (Lipinski definition) is 3. The van der Waals surface area contributed by atoms with Crippen molar-refractivity contribution in [3.63, 3.8) is 0 Å². The molecule has 0 bridgehead atoms. The quantitative estimate of drug-likeness (QED) is 0.799. The maximum absolute atomic E-state index is 10.3. The summed E-state index contributed by atoms with van der Waals surface area (Å²) >= 11 is 1.53. The van der Waals surface area contributed by atoms with E-state index < -0.39 is 5.60 Å². The Balaban J connectivity index is 1.91. The highest BCUT2D eigenvalue weighted by Gasteiger charge is 2.26. The van der Waals surface area contributed by atoms with E-state index in [4.69, 9.17) is 0 Å². The molecule has 2 rings (SSSR count). The summed E-state index contributed by atoms with van der Waals surface area (Å²) in [7, 11) is 0. The van der Waals surface area contributed by atoms with Gasteiger partial charge in [-0.2, -0.15) is 0 Å². The Hall–Kier alpha value is -0.670. The molecule has 0 aliphatic heterocycles. The molecule has 2 atom stereocenters. The van der Waals surface area contributed by atoms with Gasteiger partial charge in [-0.3, -0.25) is 0 Å². The molecule has 0 aromatic carbocycles. The lowest BCUT2D eigenvalue weighted by Gasteiger charge is -2.29. The molecule has 1 aliphatic rings. The van der Waals surface area contributed by atoms with Gasteiger partial charge in [-0.05, 0) is 49.2 Å². The number of allylic oxidation sites excluding steroid dienone is 1. The average Bonchev–Trinajstić information content (AvgIpc) is 2.73. The van der Waals surface area contributed by atoms with E-state index in [-0.39, 0.29) is 0 Å². The molecule has 82 valence electrons. The van der Waals surface area contributed by atoms with E-state index in [0.29, 0.717) is 5.92 Å². The SMILES string of the molecule is CC1C=CC(O)(CCc2ccns2)CC1. The van der Waals surface area contributed by atoms with Gasteiger partial charge < -0.3 is 5.11 Å². The monoisotopic (exact) mass is 223 g/mol. The largest absolute Gasteiger partial charge is 0.386 e. The van der Waals surface area contributed by atoms with E-state index >= 15 is 0 Å². The van der Waals surface area contributed by atoms with Crippen molar-refractivity contribution >= 4 is 11.5 Å². The fraction of sp³-hybridized carbons (Fsp3) is 0.583. The lowest BCUT2D eigenvalue weighted by atomic mass is 9.83. The van der Waals surface area contributed by atoms with Crippen molar-refractivity contribution in [1.82, 2.24) is 4.37 Å². The zero-order chi connectivity index (χ0) is 10.7. The van der Waals surface area contributed by atoms with E-state index in [1.165, 1.54) is 16.4 Å².